The van der Waals surface area contributed by atoms with E-state index in [1.54, 1.807) is 12.1 Å². The van der Waals surface area contributed by atoms with Crippen LogP contribution < -0.4 is 15.1 Å². The zero-order valence-electron chi connectivity index (χ0n) is 12.8. The molecule has 3 rings (SSSR count). The van der Waals surface area contributed by atoms with E-state index in [4.69, 9.17) is 9.47 Å². The summed E-state index contributed by atoms with van der Waals surface area (Å²) in [6.07, 6.45) is -1.33. The van der Waals surface area contributed by atoms with Crippen LogP contribution in [0.1, 0.15) is 6.92 Å². The minimum Gasteiger partial charge on any atom is -0.423 e. The number of hydrogen-bond donors (Lipinski definition) is 1. The van der Waals surface area contributed by atoms with E-state index in [1.807, 2.05) is 4.90 Å². The van der Waals surface area contributed by atoms with Crippen molar-refractivity contribution < 1.29 is 23.5 Å². The van der Waals surface area contributed by atoms with Crippen molar-refractivity contribution in [3.8, 4) is 0 Å². The molecule has 1 atom stereocenters. The van der Waals surface area contributed by atoms with Gasteiger partial charge in [0.2, 0.25) is 5.91 Å². The first-order valence-electron chi connectivity index (χ1n) is 7.42. The number of hydrogen-bond acceptors (Lipinski definition) is 5. The van der Waals surface area contributed by atoms with E-state index in [2.05, 4.69) is 5.32 Å². The fourth-order valence-electron chi connectivity index (χ4n) is 2.70. The van der Waals surface area contributed by atoms with E-state index in [9.17, 15) is 14.0 Å². The molecule has 2 saturated heterocycles. The maximum Gasteiger partial charge on any atom is 0.416 e. The van der Waals surface area contributed by atoms with Crippen molar-refractivity contribution in [1.82, 2.24) is 5.32 Å². The zero-order valence-corrected chi connectivity index (χ0v) is 12.8. The van der Waals surface area contributed by atoms with Gasteiger partial charge in [0.15, 0.2) is 6.23 Å². The Labute approximate surface area is 132 Å². The maximum atomic E-state index is 14.4. The van der Waals surface area contributed by atoms with Crippen molar-refractivity contribution in [3.63, 3.8) is 0 Å². The van der Waals surface area contributed by atoms with E-state index >= 15 is 0 Å². The quantitative estimate of drug-likeness (QED) is 0.901. The lowest BCUT2D eigenvalue weighted by Gasteiger charge is -2.29. The van der Waals surface area contributed by atoms with Crippen LogP contribution in [0, 0.1) is 5.82 Å². The molecule has 1 aromatic rings. The SMILES string of the molecule is CC(=O)NC1CN(c2ccc(N3CCOCC3)c(F)c2)C(=O)O1. The van der Waals surface area contributed by atoms with Crippen LogP contribution >= 0.6 is 0 Å². The third kappa shape index (κ3) is 3.37. The van der Waals surface area contributed by atoms with Crippen molar-refractivity contribution in [2.24, 2.45) is 0 Å². The van der Waals surface area contributed by atoms with Gasteiger partial charge in [-0.1, -0.05) is 0 Å². The van der Waals surface area contributed by atoms with E-state index in [0.717, 1.165) is 0 Å². The second-order valence-corrected chi connectivity index (χ2v) is 5.42. The van der Waals surface area contributed by atoms with Crippen LogP contribution in [0.25, 0.3) is 0 Å². The summed E-state index contributed by atoms with van der Waals surface area (Å²) in [5.41, 5.74) is 0.889. The molecule has 0 bridgehead atoms. The summed E-state index contributed by atoms with van der Waals surface area (Å²) in [7, 11) is 0. The Balaban J connectivity index is 1.75. The average Bonchev–Trinajstić information content (AvgIpc) is 2.87. The fourth-order valence-corrected chi connectivity index (χ4v) is 2.70. The molecule has 7 nitrogen and oxygen atoms in total. The summed E-state index contributed by atoms with van der Waals surface area (Å²) in [6, 6.07) is 4.63. The first-order chi connectivity index (χ1) is 11.0. The van der Waals surface area contributed by atoms with Gasteiger partial charge in [-0.15, -0.1) is 0 Å². The van der Waals surface area contributed by atoms with Gasteiger partial charge in [-0.25, -0.2) is 9.18 Å². The Morgan fingerprint density at radius 3 is 2.74 bits per heavy atom. The normalized spacial score (nSPS) is 21.3. The van der Waals surface area contributed by atoms with Gasteiger partial charge in [0, 0.05) is 20.0 Å². The molecule has 2 fully saturated rings. The Morgan fingerprint density at radius 2 is 2.09 bits per heavy atom. The number of amides is 2. The maximum absolute atomic E-state index is 14.4. The number of nitrogens with zero attached hydrogens (tertiary/aromatic N) is 2. The van der Waals surface area contributed by atoms with Gasteiger partial charge >= 0.3 is 6.09 Å². The summed E-state index contributed by atoms with van der Waals surface area (Å²) in [5.74, 6) is -0.696. The summed E-state index contributed by atoms with van der Waals surface area (Å²) >= 11 is 0. The Kier molecular flexibility index (Phi) is 4.33. The third-order valence-corrected chi connectivity index (χ3v) is 3.77. The molecule has 0 spiro atoms. The topological polar surface area (TPSA) is 71.1 Å². The molecule has 0 radical (unpaired) electrons. The lowest BCUT2D eigenvalue weighted by atomic mass is 10.2. The van der Waals surface area contributed by atoms with Crippen LogP contribution in [0.3, 0.4) is 0 Å². The number of carbonyl (C=O) groups is 2. The van der Waals surface area contributed by atoms with Crippen LogP contribution in [0.15, 0.2) is 18.2 Å². The molecule has 2 heterocycles. The first kappa shape index (κ1) is 15.5. The second-order valence-electron chi connectivity index (χ2n) is 5.42. The number of cyclic esters (lactones) is 1. The molecule has 1 N–H and O–H groups in total. The highest BCUT2D eigenvalue weighted by molar-refractivity contribution is 5.90. The summed E-state index contributed by atoms with van der Waals surface area (Å²) in [6.45, 7) is 3.89. The van der Waals surface area contributed by atoms with Gasteiger partial charge < -0.3 is 19.7 Å². The molecule has 0 aromatic heterocycles. The number of anilines is 2. The minimum atomic E-state index is -0.720. The minimum absolute atomic E-state index is 0.148. The number of ether oxygens (including phenoxy) is 2. The standard InChI is InChI=1S/C15H18FN3O4/c1-10(20)17-14-9-19(15(21)23-14)11-2-3-13(12(16)8-11)18-4-6-22-7-5-18/h2-3,8,14H,4-7,9H2,1H3,(H,17,20). The molecular formula is C15H18FN3O4. The van der Waals surface area contributed by atoms with Crippen molar-refractivity contribution in [3.05, 3.63) is 24.0 Å². The van der Waals surface area contributed by atoms with Crippen molar-refractivity contribution in [1.29, 1.82) is 0 Å². The number of morpholine rings is 1. The molecular weight excluding hydrogens is 305 g/mol. The highest BCUT2D eigenvalue weighted by Gasteiger charge is 2.33. The number of rotatable bonds is 3. The molecule has 23 heavy (non-hydrogen) atoms. The van der Waals surface area contributed by atoms with Gasteiger partial charge in [0.05, 0.1) is 31.1 Å². The molecule has 124 valence electrons. The number of halogens is 1. The molecule has 2 amide bonds. The lowest BCUT2D eigenvalue weighted by molar-refractivity contribution is -0.121. The van der Waals surface area contributed by atoms with Gasteiger partial charge in [-0.2, -0.15) is 0 Å². The first-order valence-corrected chi connectivity index (χ1v) is 7.42. The molecule has 1 unspecified atom stereocenters. The smallest absolute Gasteiger partial charge is 0.416 e. The number of benzene rings is 1. The molecule has 0 aliphatic carbocycles. The van der Waals surface area contributed by atoms with Crippen molar-refractivity contribution in [2.75, 3.05) is 42.6 Å². The largest absolute Gasteiger partial charge is 0.423 e. The molecule has 2 aliphatic heterocycles. The van der Waals surface area contributed by atoms with Gasteiger partial charge in [0.1, 0.15) is 5.82 Å². The average molecular weight is 323 g/mol. The van der Waals surface area contributed by atoms with Crippen molar-refractivity contribution >= 4 is 23.4 Å². The summed E-state index contributed by atoms with van der Waals surface area (Å²) in [5, 5.41) is 2.51. The lowest BCUT2D eigenvalue weighted by Crippen LogP contribution is -2.37. The predicted molar refractivity (Wildman–Crippen MR) is 80.9 cm³/mol. The third-order valence-electron chi connectivity index (χ3n) is 3.77. The molecule has 0 saturated carbocycles. The molecule has 8 heteroatoms. The Morgan fingerprint density at radius 1 is 1.35 bits per heavy atom. The monoisotopic (exact) mass is 323 g/mol. The van der Waals surface area contributed by atoms with Crippen LogP contribution in [0.2, 0.25) is 0 Å². The Bertz CT molecular complexity index is 619. The van der Waals surface area contributed by atoms with E-state index in [1.165, 1.54) is 17.9 Å². The van der Waals surface area contributed by atoms with Crippen LogP contribution in [0.4, 0.5) is 20.6 Å². The summed E-state index contributed by atoms with van der Waals surface area (Å²) in [4.78, 5) is 26.1. The predicted octanol–water partition coefficient (Wildman–Crippen LogP) is 1.08. The second kappa shape index (κ2) is 6.41. The highest BCUT2D eigenvalue weighted by atomic mass is 19.1. The fraction of sp³-hybridized carbons (Fsp3) is 0.467. The van der Waals surface area contributed by atoms with Gasteiger partial charge in [-0.3, -0.25) is 9.69 Å². The highest BCUT2D eigenvalue weighted by Crippen LogP contribution is 2.28. The Hall–Kier alpha value is -2.35. The van der Waals surface area contributed by atoms with Crippen LogP contribution in [0.5, 0.6) is 0 Å². The van der Waals surface area contributed by atoms with Crippen LogP contribution in [-0.4, -0.2) is 51.1 Å². The van der Waals surface area contributed by atoms with Crippen molar-refractivity contribution in [2.45, 2.75) is 13.2 Å². The van der Waals surface area contributed by atoms with E-state index in [0.29, 0.717) is 37.7 Å². The zero-order chi connectivity index (χ0) is 16.4. The van der Waals surface area contributed by atoms with E-state index in [-0.39, 0.29) is 12.5 Å². The molecule has 2 aliphatic rings. The summed E-state index contributed by atoms with van der Waals surface area (Å²) < 4.78 is 24.7. The number of carbonyl (C=O) groups excluding carboxylic acids is 2. The molecule has 1 aromatic carbocycles. The van der Waals surface area contributed by atoms with Crippen LogP contribution in [-0.2, 0) is 14.3 Å². The number of nitrogens with one attached hydrogen (secondary N) is 1. The van der Waals surface area contributed by atoms with E-state index < -0.39 is 18.1 Å². The van der Waals surface area contributed by atoms with Gasteiger partial charge in [-0.05, 0) is 18.2 Å². The van der Waals surface area contributed by atoms with Gasteiger partial charge in [0.25, 0.3) is 0 Å².